The highest BCUT2D eigenvalue weighted by molar-refractivity contribution is 5.03. The van der Waals surface area contributed by atoms with Crippen molar-refractivity contribution in [2.45, 2.75) is 44.9 Å². The zero-order valence-electron chi connectivity index (χ0n) is 10.3. The van der Waals surface area contributed by atoms with Crippen LogP contribution in [0.5, 0.6) is 0 Å². The van der Waals surface area contributed by atoms with Gasteiger partial charge in [0.05, 0.1) is 0 Å². The van der Waals surface area contributed by atoms with Gasteiger partial charge < -0.3 is 5.32 Å². The predicted molar refractivity (Wildman–Crippen MR) is 68.3 cm³/mol. The van der Waals surface area contributed by atoms with Gasteiger partial charge in [0.2, 0.25) is 0 Å². The highest BCUT2D eigenvalue weighted by Gasteiger charge is 2.37. The van der Waals surface area contributed by atoms with Gasteiger partial charge in [0.1, 0.15) is 0 Å². The monoisotopic (exact) mass is 219 g/mol. The molecule has 1 aliphatic heterocycles. The molecule has 4 unspecified atom stereocenters. The van der Waals surface area contributed by atoms with Crippen molar-refractivity contribution in [2.75, 3.05) is 13.1 Å². The van der Waals surface area contributed by atoms with E-state index in [0.29, 0.717) is 0 Å². The second-order valence-electron chi connectivity index (χ2n) is 6.07. The van der Waals surface area contributed by atoms with E-state index in [2.05, 4.69) is 17.5 Å². The Morgan fingerprint density at radius 3 is 2.69 bits per heavy atom. The zero-order chi connectivity index (χ0) is 10.8. The number of fused-ring (bicyclic) bond motifs is 3. The maximum absolute atomic E-state index is 3.63. The average molecular weight is 219 g/mol. The molecule has 0 radical (unpaired) electrons. The summed E-state index contributed by atoms with van der Waals surface area (Å²) in [5.41, 5.74) is 0. The number of hydrogen-bond acceptors (Lipinski definition) is 1. The molecule has 0 amide bonds. The lowest BCUT2D eigenvalue weighted by Gasteiger charge is -2.32. The molecule has 1 nitrogen and oxygen atoms in total. The Bertz CT molecular complexity index is 258. The van der Waals surface area contributed by atoms with Crippen LogP contribution in [0.15, 0.2) is 12.2 Å². The van der Waals surface area contributed by atoms with Crippen molar-refractivity contribution in [3.8, 4) is 0 Å². The molecule has 0 spiro atoms. The molecule has 0 bridgehead atoms. The van der Waals surface area contributed by atoms with Crippen LogP contribution in [0.25, 0.3) is 0 Å². The molecule has 4 atom stereocenters. The minimum absolute atomic E-state index is 0.912. The summed E-state index contributed by atoms with van der Waals surface area (Å²) in [4.78, 5) is 0. The van der Waals surface area contributed by atoms with E-state index in [-0.39, 0.29) is 0 Å². The topological polar surface area (TPSA) is 12.0 Å². The summed E-state index contributed by atoms with van der Waals surface area (Å²) in [6, 6.07) is 0. The van der Waals surface area contributed by atoms with Crippen molar-refractivity contribution >= 4 is 0 Å². The highest BCUT2D eigenvalue weighted by atomic mass is 14.9. The van der Waals surface area contributed by atoms with Crippen LogP contribution in [0.4, 0.5) is 0 Å². The third-order valence-corrected chi connectivity index (χ3v) is 5.14. The van der Waals surface area contributed by atoms with Crippen molar-refractivity contribution in [2.24, 2.45) is 23.7 Å². The molecule has 1 heterocycles. The quantitative estimate of drug-likeness (QED) is 0.616. The molecular weight excluding hydrogens is 194 g/mol. The van der Waals surface area contributed by atoms with E-state index in [4.69, 9.17) is 0 Å². The Morgan fingerprint density at radius 2 is 1.75 bits per heavy atom. The lowest BCUT2D eigenvalue weighted by molar-refractivity contribution is 0.196. The molecule has 1 heteroatoms. The van der Waals surface area contributed by atoms with E-state index < -0.39 is 0 Å². The van der Waals surface area contributed by atoms with Gasteiger partial charge in [0.25, 0.3) is 0 Å². The van der Waals surface area contributed by atoms with Gasteiger partial charge in [-0.1, -0.05) is 37.8 Å². The Kier molecular flexibility index (Phi) is 3.32. The summed E-state index contributed by atoms with van der Waals surface area (Å²) in [7, 11) is 0. The zero-order valence-corrected chi connectivity index (χ0v) is 10.3. The molecule has 0 aromatic rings. The van der Waals surface area contributed by atoms with Crippen LogP contribution in [-0.4, -0.2) is 13.1 Å². The smallest absolute Gasteiger partial charge is 0.00142 e. The second-order valence-corrected chi connectivity index (χ2v) is 6.07. The normalized spacial score (nSPS) is 44.0. The summed E-state index contributed by atoms with van der Waals surface area (Å²) in [5.74, 6) is 3.85. The molecule has 3 rings (SSSR count). The fraction of sp³-hybridized carbons (Fsp3) is 0.867. The second kappa shape index (κ2) is 4.91. The van der Waals surface area contributed by atoms with Gasteiger partial charge in [0, 0.05) is 0 Å². The Balaban J connectivity index is 1.79. The van der Waals surface area contributed by atoms with Gasteiger partial charge in [-0.15, -0.1) is 0 Å². The van der Waals surface area contributed by atoms with E-state index in [1.54, 1.807) is 0 Å². The molecular formula is C15H25N. The van der Waals surface area contributed by atoms with Crippen molar-refractivity contribution in [1.82, 2.24) is 5.32 Å². The molecule has 90 valence electrons. The Hall–Kier alpha value is -0.300. The molecule has 3 aliphatic rings. The molecule has 0 aromatic heterocycles. The minimum atomic E-state index is 0.912. The lowest BCUT2D eigenvalue weighted by Crippen LogP contribution is -2.27. The summed E-state index contributed by atoms with van der Waals surface area (Å²) in [6.07, 6.45) is 15.3. The van der Waals surface area contributed by atoms with Gasteiger partial charge in [-0.2, -0.15) is 0 Å². The van der Waals surface area contributed by atoms with E-state index >= 15 is 0 Å². The van der Waals surface area contributed by atoms with Crippen molar-refractivity contribution < 1.29 is 0 Å². The number of hydrogen-bond donors (Lipinski definition) is 1. The van der Waals surface area contributed by atoms with E-state index in [9.17, 15) is 0 Å². The lowest BCUT2D eigenvalue weighted by atomic mass is 9.72. The molecule has 1 saturated carbocycles. The van der Waals surface area contributed by atoms with Crippen LogP contribution in [0.3, 0.4) is 0 Å². The van der Waals surface area contributed by atoms with Gasteiger partial charge >= 0.3 is 0 Å². The molecule has 16 heavy (non-hydrogen) atoms. The first kappa shape index (κ1) is 10.8. The van der Waals surface area contributed by atoms with E-state index in [0.717, 1.165) is 23.7 Å². The van der Waals surface area contributed by atoms with Gasteiger partial charge in [0.15, 0.2) is 0 Å². The third-order valence-electron chi connectivity index (χ3n) is 5.14. The Morgan fingerprint density at radius 1 is 0.875 bits per heavy atom. The molecule has 1 saturated heterocycles. The van der Waals surface area contributed by atoms with Crippen LogP contribution in [0.1, 0.15) is 44.9 Å². The highest BCUT2D eigenvalue weighted by Crippen LogP contribution is 2.41. The summed E-state index contributed by atoms with van der Waals surface area (Å²) >= 11 is 0. The maximum atomic E-state index is 3.63. The SMILES string of the molecule is C1=CC2CCCCCCC2C2CNCC2C1. The summed E-state index contributed by atoms with van der Waals surface area (Å²) < 4.78 is 0. The standard InChI is InChI=1S/C15H25N/c1-2-4-9-14-12(6-3-1)7-5-8-13-10-16-11-15(13)14/h5,7,12-16H,1-4,6,8-11H2. The first-order chi connectivity index (χ1) is 7.95. The first-order valence-electron chi connectivity index (χ1n) is 7.32. The molecule has 2 aliphatic carbocycles. The van der Waals surface area contributed by atoms with Crippen molar-refractivity contribution in [1.29, 1.82) is 0 Å². The molecule has 0 aromatic carbocycles. The van der Waals surface area contributed by atoms with Crippen LogP contribution < -0.4 is 5.32 Å². The fourth-order valence-electron chi connectivity index (χ4n) is 4.25. The van der Waals surface area contributed by atoms with Crippen LogP contribution >= 0.6 is 0 Å². The summed E-state index contributed by atoms with van der Waals surface area (Å²) in [6.45, 7) is 2.58. The minimum Gasteiger partial charge on any atom is -0.316 e. The first-order valence-corrected chi connectivity index (χ1v) is 7.32. The maximum Gasteiger partial charge on any atom is -0.00142 e. The van der Waals surface area contributed by atoms with E-state index in [1.807, 2.05) is 0 Å². The Labute approximate surface area is 99.7 Å². The molecule has 2 fully saturated rings. The van der Waals surface area contributed by atoms with Crippen LogP contribution in [-0.2, 0) is 0 Å². The van der Waals surface area contributed by atoms with Crippen molar-refractivity contribution in [3.63, 3.8) is 0 Å². The van der Waals surface area contributed by atoms with Gasteiger partial charge in [-0.05, 0) is 56.0 Å². The van der Waals surface area contributed by atoms with Crippen molar-refractivity contribution in [3.05, 3.63) is 12.2 Å². The molecule has 1 N–H and O–H groups in total. The van der Waals surface area contributed by atoms with Crippen LogP contribution in [0, 0.1) is 23.7 Å². The van der Waals surface area contributed by atoms with Gasteiger partial charge in [-0.25, -0.2) is 0 Å². The fourth-order valence-corrected chi connectivity index (χ4v) is 4.25. The average Bonchev–Trinajstić information content (AvgIpc) is 2.64. The number of rotatable bonds is 0. The van der Waals surface area contributed by atoms with Crippen LogP contribution in [0.2, 0.25) is 0 Å². The number of nitrogens with one attached hydrogen (secondary N) is 1. The summed E-state index contributed by atoms with van der Waals surface area (Å²) in [5, 5.41) is 3.63. The third kappa shape index (κ3) is 2.07. The predicted octanol–water partition coefficient (Wildman–Crippen LogP) is 3.37. The van der Waals surface area contributed by atoms with Gasteiger partial charge in [-0.3, -0.25) is 0 Å². The largest absolute Gasteiger partial charge is 0.316 e. The number of allylic oxidation sites excluding steroid dienone is 2. The van der Waals surface area contributed by atoms with E-state index in [1.165, 1.54) is 58.0 Å².